The van der Waals surface area contributed by atoms with Crippen LogP contribution < -0.4 is 0 Å². The van der Waals surface area contributed by atoms with Crippen LogP contribution in [0.5, 0.6) is 0 Å². The monoisotopic (exact) mass is 212 g/mol. The average molecular weight is 212 g/mol. The molecule has 2 nitrogen and oxygen atoms in total. The molecule has 88 valence electrons. The van der Waals surface area contributed by atoms with Crippen LogP contribution in [0, 0.1) is 11.8 Å². The Morgan fingerprint density at radius 3 is 2.60 bits per heavy atom. The molecule has 0 aromatic heterocycles. The Balaban J connectivity index is 2.06. The van der Waals surface area contributed by atoms with E-state index in [1.807, 2.05) is 0 Å². The first-order valence-corrected chi connectivity index (χ1v) is 6.57. The number of rotatable bonds is 2. The molecule has 0 radical (unpaired) electrons. The lowest BCUT2D eigenvalue weighted by Crippen LogP contribution is -2.48. The molecule has 1 saturated carbocycles. The molecule has 2 fully saturated rings. The van der Waals surface area contributed by atoms with Crippen LogP contribution in [-0.4, -0.2) is 23.9 Å². The third-order valence-electron chi connectivity index (χ3n) is 4.51. The van der Waals surface area contributed by atoms with E-state index in [2.05, 4.69) is 6.92 Å². The predicted octanol–water partition coefficient (Wildman–Crippen LogP) is 2.74. The third kappa shape index (κ3) is 2.21. The summed E-state index contributed by atoms with van der Waals surface area (Å²) in [5, 5.41) is 10.9. The molecule has 2 rings (SSSR count). The van der Waals surface area contributed by atoms with Crippen LogP contribution in [0.3, 0.4) is 0 Å². The molecule has 0 bridgehead atoms. The molecular weight excluding hydrogens is 188 g/mol. The Labute approximate surface area is 93.0 Å². The Hall–Kier alpha value is -0.0800. The highest BCUT2D eigenvalue weighted by Crippen LogP contribution is 2.44. The number of hydrogen-bond acceptors (Lipinski definition) is 2. The molecule has 2 heteroatoms. The summed E-state index contributed by atoms with van der Waals surface area (Å²) in [7, 11) is 0. The molecule has 2 unspecified atom stereocenters. The van der Waals surface area contributed by atoms with Gasteiger partial charge in [0.15, 0.2) is 0 Å². The topological polar surface area (TPSA) is 29.5 Å². The second-order valence-corrected chi connectivity index (χ2v) is 5.23. The van der Waals surface area contributed by atoms with E-state index in [1.165, 1.54) is 19.3 Å². The lowest BCUT2D eigenvalue weighted by Gasteiger charge is -2.46. The fraction of sp³-hybridized carbons (Fsp3) is 1.00. The maximum absolute atomic E-state index is 10.9. The summed E-state index contributed by atoms with van der Waals surface area (Å²) in [6.07, 6.45) is 8.03. The molecule has 2 aliphatic rings. The standard InChI is InChI=1S/C13H24O2/c1-2-11-5-3-4-8-13(11,14)12-6-9-15-10-7-12/h11-12,14H,2-10H2,1H3. The summed E-state index contributed by atoms with van der Waals surface area (Å²) < 4.78 is 5.39. The van der Waals surface area contributed by atoms with Gasteiger partial charge in [-0.2, -0.15) is 0 Å². The minimum Gasteiger partial charge on any atom is -0.389 e. The lowest BCUT2D eigenvalue weighted by molar-refractivity contribution is -0.123. The second-order valence-electron chi connectivity index (χ2n) is 5.23. The zero-order valence-electron chi connectivity index (χ0n) is 9.87. The Kier molecular flexibility index (Phi) is 3.68. The molecule has 0 amide bonds. The normalized spacial score (nSPS) is 39.2. The van der Waals surface area contributed by atoms with Gasteiger partial charge in [-0.1, -0.05) is 26.2 Å². The molecule has 1 heterocycles. The maximum Gasteiger partial charge on any atom is 0.0705 e. The first-order valence-electron chi connectivity index (χ1n) is 6.57. The molecule has 2 atom stereocenters. The molecule has 1 saturated heterocycles. The van der Waals surface area contributed by atoms with Gasteiger partial charge in [0.05, 0.1) is 5.60 Å². The first kappa shape index (κ1) is 11.4. The molecule has 1 aliphatic carbocycles. The van der Waals surface area contributed by atoms with Gasteiger partial charge in [-0.25, -0.2) is 0 Å². The van der Waals surface area contributed by atoms with Crippen LogP contribution in [0.4, 0.5) is 0 Å². The van der Waals surface area contributed by atoms with Crippen molar-refractivity contribution in [1.29, 1.82) is 0 Å². The van der Waals surface area contributed by atoms with Crippen LogP contribution >= 0.6 is 0 Å². The molecule has 0 aromatic rings. The van der Waals surface area contributed by atoms with E-state index in [0.29, 0.717) is 11.8 Å². The zero-order chi connectivity index (χ0) is 10.7. The summed E-state index contributed by atoms with van der Waals surface area (Å²) in [6.45, 7) is 3.92. The minimum atomic E-state index is -0.364. The summed E-state index contributed by atoms with van der Waals surface area (Å²) in [4.78, 5) is 0. The molecule has 0 aromatic carbocycles. The largest absolute Gasteiger partial charge is 0.389 e. The van der Waals surface area contributed by atoms with Crippen molar-refractivity contribution in [3.05, 3.63) is 0 Å². The SMILES string of the molecule is CCC1CCCCC1(O)C1CCOCC1. The zero-order valence-corrected chi connectivity index (χ0v) is 9.87. The van der Waals surface area contributed by atoms with E-state index < -0.39 is 0 Å². The van der Waals surface area contributed by atoms with Gasteiger partial charge in [0, 0.05) is 13.2 Å². The van der Waals surface area contributed by atoms with E-state index in [-0.39, 0.29) is 5.60 Å². The lowest BCUT2D eigenvalue weighted by atomic mass is 9.65. The van der Waals surface area contributed by atoms with Gasteiger partial charge in [-0.05, 0) is 37.5 Å². The fourth-order valence-corrected chi connectivity index (χ4v) is 3.55. The van der Waals surface area contributed by atoms with Crippen molar-refractivity contribution >= 4 is 0 Å². The summed E-state index contributed by atoms with van der Waals surface area (Å²) in [5.74, 6) is 1.03. The van der Waals surface area contributed by atoms with Crippen LogP contribution in [0.2, 0.25) is 0 Å². The predicted molar refractivity (Wildman–Crippen MR) is 60.7 cm³/mol. The van der Waals surface area contributed by atoms with Gasteiger partial charge in [-0.15, -0.1) is 0 Å². The smallest absolute Gasteiger partial charge is 0.0705 e. The Morgan fingerprint density at radius 1 is 1.20 bits per heavy atom. The molecule has 0 spiro atoms. The maximum atomic E-state index is 10.9. The van der Waals surface area contributed by atoms with Gasteiger partial charge >= 0.3 is 0 Å². The summed E-state index contributed by atoms with van der Waals surface area (Å²) in [6, 6.07) is 0. The molecule has 1 N–H and O–H groups in total. The van der Waals surface area contributed by atoms with Crippen molar-refractivity contribution in [2.45, 2.75) is 57.5 Å². The van der Waals surface area contributed by atoms with Gasteiger partial charge in [0.25, 0.3) is 0 Å². The number of ether oxygens (including phenoxy) is 1. The average Bonchev–Trinajstić information content (AvgIpc) is 2.31. The van der Waals surface area contributed by atoms with Crippen molar-refractivity contribution in [1.82, 2.24) is 0 Å². The molecule has 1 aliphatic heterocycles. The van der Waals surface area contributed by atoms with E-state index in [0.717, 1.165) is 38.9 Å². The van der Waals surface area contributed by atoms with Crippen LogP contribution in [-0.2, 0) is 4.74 Å². The van der Waals surface area contributed by atoms with Crippen molar-refractivity contribution in [3.63, 3.8) is 0 Å². The van der Waals surface area contributed by atoms with Gasteiger partial charge < -0.3 is 9.84 Å². The van der Waals surface area contributed by atoms with Crippen molar-refractivity contribution < 1.29 is 9.84 Å². The van der Waals surface area contributed by atoms with Crippen molar-refractivity contribution in [2.24, 2.45) is 11.8 Å². The highest BCUT2D eigenvalue weighted by molar-refractivity contribution is 4.95. The fourth-order valence-electron chi connectivity index (χ4n) is 3.55. The van der Waals surface area contributed by atoms with Crippen molar-refractivity contribution in [2.75, 3.05) is 13.2 Å². The second kappa shape index (κ2) is 4.84. The minimum absolute atomic E-state index is 0.364. The van der Waals surface area contributed by atoms with Gasteiger partial charge in [-0.3, -0.25) is 0 Å². The van der Waals surface area contributed by atoms with Crippen molar-refractivity contribution in [3.8, 4) is 0 Å². The Bertz CT molecular complexity index is 199. The van der Waals surface area contributed by atoms with E-state index >= 15 is 0 Å². The quantitative estimate of drug-likeness (QED) is 0.762. The van der Waals surface area contributed by atoms with Gasteiger partial charge in [0.2, 0.25) is 0 Å². The van der Waals surface area contributed by atoms with E-state index in [1.54, 1.807) is 0 Å². The highest BCUT2D eigenvalue weighted by Gasteiger charge is 2.44. The number of hydrogen-bond donors (Lipinski definition) is 1. The molecule has 15 heavy (non-hydrogen) atoms. The summed E-state index contributed by atoms with van der Waals surface area (Å²) >= 11 is 0. The summed E-state index contributed by atoms with van der Waals surface area (Å²) in [5.41, 5.74) is -0.364. The van der Waals surface area contributed by atoms with E-state index in [9.17, 15) is 5.11 Å². The van der Waals surface area contributed by atoms with Gasteiger partial charge in [0.1, 0.15) is 0 Å². The Morgan fingerprint density at radius 2 is 1.93 bits per heavy atom. The highest BCUT2D eigenvalue weighted by atomic mass is 16.5. The van der Waals surface area contributed by atoms with E-state index in [4.69, 9.17) is 4.74 Å². The first-order chi connectivity index (χ1) is 7.27. The molecular formula is C13H24O2. The third-order valence-corrected chi connectivity index (χ3v) is 4.51. The number of aliphatic hydroxyl groups is 1. The van der Waals surface area contributed by atoms with Crippen LogP contribution in [0.15, 0.2) is 0 Å². The van der Waals surface area contributed by atoms with Crippen LogP contribution in [0.25, 0.3) is 0 Å². The van der Waals surface area contributed by atoms with Crippen LogP contribution in [0.1, 0.15) is 51.9 Å².